The minimum absolute atomic E-state index is 0.0622. The molecule has 0 aliphatic carbocycles. The lowest BCUT2D eigenvalue weighted by Crippen LogP contribution is -2.20. The number of benzene rings is 1. The van der Waals surface area contributed by atoms with Crippen LogP contribution in [0.1, 0.15) is 62.4 Å². The van der Waals surface area contributed by atoms with Crippen LogP contribution in [-0.2, 0) is 0 Å². The number of carboxylic acids is 1. The number of unbranched alkanes of at least 4 members (excludes halogenated alkanes) is 3. The lowest BCUT2D eigenvalue weighted by molar-refractivity contribution is 0.0697. The van der Waals surface area contributed by atoms with Crippen LogP contribution in [0.25, 0.3) is 11.0 Å². The Balaban J connectivity index is 2.29. The van der Waals surface area contributed by atoms with Gasteiger partial charge in [0, 0.05) is 6.04 Å². The third-order valence-electron chi connectivity index (χ3n) is 3.88. The Bertz CT molecular complexity index is 684. The first-order chi connectivity index (χ1) is 10.0. The van der Waals surface area contributed by atoms with Gasteiger partial charge in [-0.15, -0.1) is 0 Å². The summed E-state index contributed by atoms with van der Waals surface area (Å²) in [6, 6.07) is 4.79. The van der Waals surface area contributed by atoms with Crippen molar-refractivity contribution >= 4 is 17.0 Å². The van der Waals surface area contributed by atoms with Crippen LogP contribution < -0.4 is 5.69 Å². The zero-order chi connectivity index (χ0) is 15.4. The molecule has 0 spiro atoms. The van der Waals surface area contributed by atoms with Crippen LogP contribution in [0.5, 0.6) is 0 Å². The predicted molar refractivity (Wildman–Crippen MR) is 83.0 cm³/mol. The summed E-state index contributed by atoms with van der Waals surface area (Å²) < 4.78 is 1.67. The van der Waals surface area contributed by atoms with Crippen LogP contribution in [0.2, 0.25) is 0 Å². The largest absolute Gasteiger partial charge is 0.478 e. The summed E-state index contributed by atoms with van der Waals surface area (Å²) in [7, 11) is 0. The van der Waals surface area contributed by atoms with E-state index in [0.717, 1.165) is 12.8 Å². The van der Waals surface area contributed by atoms with Crippen LogP contribution >= 0.6 is 0 Å². The monoisotopic (exact) mass is 290 g/mol. The SMILES string of the molecule is CCCCCCC(C)n1c(=O)[nH]c2ccc(C(=O)O)cc21. The van der Waals surface area contributed by atoms with Crippen LogP contribution in [0.3, 0.4) is 0 Å². The van der Waals surface area contributed by atoms with E-state index in [-0.39, 0.29) is 17.3 Å². The van der Waals surface area contributed by atoms with Crippen LogP contribution in [0, 0.1) is 0 Å². The molecule has 0 amide bonds. The first kappa shape index (κ1) is 15.4. The molecule has 0 fully saturated rings. The van der Waals surface area contributed by atoms with Gasteiger partial charge in [0.05, 0.1) is 16.6 Å². The summed E-state index contributed by atoms with van der Waals surface area (Å²) in [4.78, 5) is 26.0. The van der Waals surface area contributed by atoms with Gasteiger partial charge in [-0.05, 0) is 31.5 Å². The molecule has 2 aromatic rings. The summed E-state index contributed by atoms with van der Waals surface area (Å²) in [5.41, 5.74) is 1.39. The van der Waals surface area contributed by atoms with E-state index in [9.17, 15) is 9.59 Å². The molecule has 1 atom stereocenters. The average Bonchev–Trinajstić information content (AvgIpc) is 2.78. The molecule has 1 aromatic heterocycles. The number of fused-ring (bicyclic) bond motifs is 1. The van der Waals surface area contributed by atoms with Gasteiger partial charge in [-0.1, -0.05) is 32.6 Å². The molecule has 2 N–H and O–H groups in total. The molecule has 0 aliphatic heterocycles. The molecule has 0 saturated carbocycles. The molecule has 1 unspecified atom stereocenters. The van der Waals surface area contributed by atoms with E-state index in [0.29, 0.717) is 11.0 Å². The van der Waals surface area contributed by atoms with Crippen molar-refractivity contribution in [2.45, 2.75) is 52.0 Å². The maximum absolute atomic E-state index is 12.1. The van der Waals surface area contributed by atoms with E-state index >= 15 is 0 Å². The number of carboxylic acid groups (broad SMARTS) is 1. The number of nitrogens with one attached hydrogen (secondary N) is 1. The van der Waals surface area contributed by atoms with Crippen LogP contribution in [0.4, 0.5) is 0 Å². The highest BCUT2D eigenvalue weighted by Crippen LogP contribution is 2.21. The molecule has 5 heteroatoms. The van der Waals surface area contributed by atoms with Crippen molar-refractivity contribution in [2.24, 2.45) is 0 Å². The molecule has 114 valence electrons. The third kappa shape index (κ3) is 3.35. The molecular formula is C16H22N2O3. The number of aromatic amines is 1. The number of hydrogen-bond donors (Lipinski definition) is 2. The van der Waals surface area contributed by atoms with Crippen LogP contribution in [-0.4, -0.2) is 20.6 Å². The Hall–Kier alpha value is -2.04. The lowest BCUT2D eigenvalue weighted by Gasteiger charge is -2.13. The van der Waals surface area contributed by atoms with Crippen molar-refractivity contribution < 1.29 is 9.90 Å². The number of rotatable bonds is 7. The van der Waals surface area contributed by atoms with Gasteiger partial charge in [0.25, 0.3) is 0 Å². The zero-order valence-electron chi connectivity index (χ0n) is 12.6. The standard InChI is InChI=1S/C16H22N2O3/c1-3-4-5-6-7-11(2)18-14-10-12(15(19)20)8-9-13(14)17-16(18)21/h8-11H,3-7H2,1-2H3,(H,17,21)(H,19,20). The average molecular weight is 290 g/mol. The van der Waals surface area contributed by atoms with E-state index in [2.05, 4.69) is 11.9 Å². The highest BCUT2D eigenvalue weighted by Gasteiger charge is 2.14. The van der Waals surface area contributed by atoms with Gasteiger partial charge in [-0.2, -0.15) is 0 Å². The summed E-state index contributed by atoms with van der Waals surface area (Å²) in [6.45, 7) is 4.18. The van der Waals surface area contributed by atoms with Gasteiger partial charge < -0.3 is 10.1 Å². The van der Waals surface area contributed by atoms with Crippen molar-refractivity contribution in [3.8, 4) is 0 Å². The molecule has 21 heavy (non-hydrogen) atoms. The molecule has 1 aromatic carbocycles. The van der Waals surface area contributed by atoms with Crippen molar-refractivity contribution in [3.63, 3.8) is 0 Å². The van der Waals surface area contributed by atoms with E-state index in [1.54, 1.807) is 16.7 Å². The Morgan fingerprint density at radius 2 is 2.10 bits per heavy atom. The van der Waals surface area contributed by atoms with Crippen molar-refractivity contribution in [1.82, 2.24) is 9.55 Å². The fourth-order valence-electron chi connectivity index (χ4n) is 2.69. The number of imidazole rings is 1. The lowest BCUT2D eigenvalue weighted by atomic mass is 10.1. The smallest absolute Gasteiger partial charge is 0.335 e. The highest BCUT2D eigenvalue weighted by molar-refractivity contribution is 5.92. The molecule has 1 heterocycles. The molecule has 0 bridgehead atoms. The zero-order valence-corrected chi connectivity index (χ0v) is 12.6. The van der Waals surface area contributed by atoms with E-state index in [1.165, 1.54) is 25.3 Å². The van der Waals surface area contributed by atoms with E-state index in [4.69, 9.17) is 5.11 Å². The molecule has 0 saturated heterocycles. The second kappa shape index (κ2) is 6.61. The van der Waals surface area contributed by atoms with Crippen molar-refractivity contribution in [2.75, 3.05) is 0 Å². The molecule has 2 rings (SSSR count). The second-order valence-corrected chi connectivity index (χ2v) is 5.54. The topological polar surface area (TPSA) is 75.1 Å². The van der Waals surface area contributed by atoms with Crippen LogP contribution in [0.15, 0.2) is 23.0 Å². The number of nitrogens with zero attached hydrogens (tertiary/aromatic N) is 1. The Labute approximate surface area is 123 Å². The van der Waals surface area contributed by atoms with Gasteiger partial charge in [0.2, 0.25) is 0 Å². The number of hydrogen-bond acceptors (Lipinski definition) is 2. The quantitative estimate of drug-likeness (QED) is 0.766. The van der Waals surface area contributed by atoms with E-state index in [1.807, 2.05) is 6.92 Å². The van der Waals surface area contributed by atoms with Gasteiger partial charge in [0.1, 0.15) is 0 Å². The number of aromatic nitrogens is 2. The number of carbonyl (C=O) groups is 1. The summed E-state index contributed by atoms with van der Waals surface area (Å²) in [6.07, 6.45) is 5.55. The van der Waals surface area contributed by atoms with Gasteiger partial charge in [-0.3, -0.25) is 4.57 Å². The highest BCUT2D eigenvalue weighted by atomic mass is 16.4. The Morgan fingerprint density at radius 1 is 1.33 bits per heavy atom. The fraction of sp³-hybridized carbons (Fsp3) is 0.500. The normalized spacial score (nSPS) is 12.7. The summed E-state index contributed by atoms with van der Waals surface area (Å²) in [5, 5.41) is 9.08. The van der Waals surface area contributed by atoms with Crippen molar-refractivity contribution in [3.05, 3.63) is 34.2 Å². The first-order valence-corrected chi connectivity index (χ1v) is 7.52. The molecule has 0 radical (unpaired) electrons. The minimum Gasteiger partial charge on any atom is -0.478 e. The maximum atomic E-state index is 12.1. The molecular weight excluding hydrogens is 268 g/mol. The van der Waals surface area contributed by atoms with Gasteiger partial charge in [0.15, 0.2) is 0 Å². The van der Waals surface area contributed by atoms with E-state index < -0.39 is 5.97 Å². The number of H-pyrrole nitrogens is 1. The Morgan fingerprint density at radius 3 is 2.76 bits per heavy atom. The number of aromatic carboxylic acids is 1. The first-order valence-electron chi connectivity index (χ1n) is 7.52. The van der Waals surface area contributed by atoms with Gasteiger partial charge >= 0.3 is 11.7 Å². The summed E-state index contributed by atoms with van der Waals surface area (Å²) >= 11 is 0. The molecule has 5 nitrogen and oxygen atoms in total. The summed E-state index contributed by atoms with van der Waals surface area (Å²) in [5.74, 6) is -0.979. The third-order valence-corrected chi connectivity index (χ3v) is 3.88. The van der Waals surface area contributed by atoms with Gasteiger partial charge in [-0.25, -0.2) is 9.59 Å². The second-order valence-electron chi connectivity index (χ2n) is 5.54. The van der Waals surface area contributed by atoms with Crippen molar-refractivity contribution in [1.29, 1.82) is 0 Å². The minimum atomic E-state index is -0.979. The molecule has 0 aliphatic rings. The maximum Gasteiger partial charge on any atom is 0.335 e. The fourth-order valence-corrected chi connectivity index (χ4v) is 2.69. The predicted octanol–water partition coefficient (Wildman–Crippen LogP) is 3.56. The Kier molecular flexibility index (Phi) is 4.83.